The van der Waals surface area contributed by atoms with Crippen LogP contribution in [-0.2, 0) is 4.79 Å². The van der Waals surface area contributed by atoms with E-state index in [-0.39, 0.29) is 5.91 Å². The number of carbonyl (C=O) groups is 1. The average molecular weight is 248 g/mol. The maximum absolute atomic E-state index is 11.6. The molecule has 3 N–H and O–H groups in total. The smallest absolute Gasteiger partial charge is 0.223 e. The van der Waals surface area contributed by atoms with E-state index in [1.165, 1.54) is 12.8 Å². The molecule has 2 rings (SSSR count). The molecule has 0 bridgehead atoms. The minimum atomic E-state index is 0.0482. The molecular formula is C14H20N2O2. The third-order valence-corrected chi connectivity index (χ3v) is 3.27. The van der Waals surface area contributed by atoms with E-state index in [1.807, 2.05) is 12.1 Å². The van der Waals surface area contributed by atoms with Gasteiger partial charge in [0.05, 0.1) is 13.0 Å². The quantitative estimate of drug-likeness (QED) is 0.756. The first-order valence-corrected chi connectivity index (χ1v) is 6.32. The molecule has 1 saturated carbocycles. The maximum Gasteiger partial charge on any atom is 0.223 e. The van der Waals surface area contributed by atoms with E-state index >= 15 is 0 Å². The van der Waals surface area contributed by atoms with Gasteiger partial charge in [-0.05, 0) is 30.4 Å². The van der Waals surface area contributed by atoms with Crippen molar-refractivity contribution in [1.29, 1.82) is 0 Å². The monoisotopic (exact) mass is 248 g/mol. The number of rotatable bonds is 6. The second kappa shape index (κ2) is 5.29. The molecule has 1 aliphatic rings. The summed E-state index contributed by atoms with van der Waals surface area (Å²) in [6.07, 6.45) is 2.81. The third-order valence-electron chi connectivity index (χ3n) is 3.27. The van der Waals surface area contributed by atoms with Crippen molar-refractivity contribution in [3.05, 3.63) is 24.3 Å². The highest BCUT2D eigenvalue weighted by Crippen LogP contribution is 2.43. The normalized spacial score (nSPS) is 16.1. The molecule has 4 nitrogen and oxygen atoms in total. The van der Waals surface area contributed by atoms with Gasteiger partial charge in [0.2, 0.25) is 5.91 Å². The molecule has 1 aliphatic carbocycles. The topological polar surface area (TPSA) is 64.3 Å². The van der Waals surface area contributed by atoms with Gasteiger partial charge in [-0.1, -0.05) is 13.0 Å². The second-order valence-electron chi connectivity index (χ2n) is 5.26. The van der Waals surface area contributed by atoms with Crippen molar-refractivity contribution in [2.45, 2.75) is 26.2 Å². The molecule has 0 heterocycles. The Bertz CT molecular complexity index is 428. The number of hydrogen-bond donors (Lipinski definition) is 2. The predicted molar refractivity (Wildman–Crippen MR) is 71.3 cm³/mol. The predicted octanol–water partition coefficient (Wildman–Crippen LogP) is 1.95. The first-order valence-electron chi connectivity index (χ1n) is 6.32. The Labute approximate surface area is 108 Å². The van der Waals surface area contributed by atoms with Crippen molar-refractivity contribution in [2.75, 3.05) is 18.9 Å². The Morgan fingerprint density at radius 1 is 1.50 bits per heavy atom. The summed E-state index contributed by atoms with van der Waals surface area (Å²) < 4.78 is 5.46. The lowest BCUT2D eigenvalue weighted by Crippen LogP contribution is -2.29. The molecule has 18 heavy (non-hydrogen) atoms. The maximum atomic E-state index is 11.6. The van der Waals surface area contributed by atoms with Crippen LogP contribution >= 0.6 is 0 Å². The molecule has 0 unspecified atom stereocenters. The first kappa shape index (κ1) is 12.7. The molecule has 1 amide bonds. The second-order valence-corrected chi connectivity index (χ2v) is 5.26. The fraction of sp³-hybridized carbons (Fsp3) is 0.500. The lowest BCUT2D eigenvalue weighted by Gasteiger charge is -2.10. The van der Waals surface area contributed by atoms with Crippen LogP contribution in [0.4, 0.5) is 5.69 Å². The van der Waals surface area contributed by atoms with E-state index in [4.69, 9.17) is 10.5 Å². The summed E-state index contributed by atoms with van der Waals surface area (Å²) in [6, 6.07) is 7.22. The van der Waals surface area contributed by atoms with Crippen LogP contribution in [0.5, 0.6) is 5.75 Å². The molecule has 0 spiro atoms. The van der Waals surface area contributed by atoms with Crippen molar-refractivity contribution in [3.63, 3.8) is 0 Å². The van der Waals surface area contributed by atoms with E-state index in [2.05, 4.69) is 12.2 Å². The van der Waals surface area contributed by atoms with Crippen LogP contribution < -0.4 is 15.8 Å². The summed E-state index contributed by atoms with van der Waals surface area (Å²) in [5, 5.41) is 2.94. The molecule has 1 aromatic rings. The molecule has 98 valence electrons. The van der Waals surface area contributed by atoms with E-state index in [0.29, 0.717) is 29.9 Å². The number of carbonyl (C=O) groups excluding carboxylic acids is 1. The SMILES string of the molecule is CC1(CNC(=O)CCOc2cccc(N)c2)CC1. The van der Waals surface area contributed by atoms with Crippen LogP contribution in [0.25, 0.3) is 0 Å². The minimum Gasteiger partial charge on any atom is -0.493 e. The Morgan fingerprint density at radius 2 is 2.28 bits per heavy atom. The highest BCUT2D eigenvalue weighted by Gasteiger charge is 2.37. The molecule has 0 aliphatic heterocycles. The van der Waals surface area contributed by atoms with Crippen LogP contribution in [-0.4, -0.2) is 19.1 Å². The number of benzene rings is 1. The van der Waals surface area contributed by atoms with Gasteiger partial charge in [0, 0.05) is 18.3 Å². The summed E-state index contributed by atoms with van der Waals surface area (Å²) in [5.41, 5.74) is 6.65. The number of amides is 1. The van der Waals surface area contributed by atoms with Crippen LogP contribution in [0, 0.1) is 5.41 Å². The van der Waals surface area contributed by atoms with Gasteiger partial charge in [-0.25, -0.2) is 0 Å². The summed E-state index contributed by atoms with van der Waals surface area (Å²) >= 11 is 0. The van der Waals surface area contributed by atoms with Gasteiger partial charge in [0.15, 0.2) is 0 Å². The van der Waals surface area contributed by atoms with Gasteiger partial charge < -0.3 is 15.8 Å². The number of nitrogens with one attached hydrogen (secondary N) is 1. The Morgan fingerprint density at radius 3 is 2.94 bits per heavy atom. The molecular weight excluding hydrogens is 228 g/mol. The van der Waals surface area contributed by atoms with Gasteiger partial charge in [0.1, 0.15) is 5.75 Å². The van der Waals surface area contributed by atoms with Gasteiger partial charge in [-0.3, -0.25) is 4.79 Å². The molecule has 0 aromatic heterocycles. The fourth-order valence-electron chi connectivity index (χ4n) is 1.66. The van der Waals surface area contributed by atoms with Crippen LogP contribution in [0.3, 0.4) is 0 Å². The molecule has 0 atom stereocenters. The van der Waals surface area contributed by atoms with Crippen molar-refractivity contribution < 1.29 is 9.53 Å². The largest absolute Gasteiger partial charge is 0.493 e. The van der Waals surface area contributed by atoms with Gasteiger partial charge in [0.25, 0.3) is 0 Å². The van der Waals surface area contributed by atoms with Gasteiger partial charge in [-0.15, -0.1) is 0 Å². The number of nitrogens with two attached hydrogens (primary N) is 1. The molecule has 0 radical (unpaired) electrons. The lowest BCUT2D eigenvalue weighted by molar-refractivity contribution is -0.121. The number of nitrogen functional groups attached to an aromatic ring is 1. The zero-order valence-corrected chi connectivity index (χ0v) is 10.7. The Balaban J connectivity index is 1.64. The van der Waals surface area contributed by atoms with Crippen molar-refractivity contribution in [3.8, 4) is 5.75 Å². The fourth-order valence-corrected chi connectivity index (χ4v) is 1.66. The standard InChI is InChI=1S/C14H20N2O2/c1-14(6-7-14)10-16-13(17)5-8-18-12-4-2-3-11(15)9-12/h2-4,9H,5-8,10,15H2,1H3,(H,16,17). The molecule has 1 fully saturated rings. The third kappa shape index (κ3) is 3.95. The zero-order chi connectivity index (χ0) is 13.0. The summed E-state index contributed by atoms with van der Waals surface area (Å²) in [5.74, 6) is 0.754. The average Bonchev–Trinajstić information content (AvgIpc) is 3.06. The van der Waals surface area contributed by atoms with Crippen molar-refractivity contribution >= 4 is 11.6 Å². The molecule has 4 heteroatoms. The molecule has 1 aromatic carbocycles. The molecule has 0 saturated heterocycles. The number of hydrogen-bond acceptors (Lipinski definition) is 3. The van der Waals surface area contributed by atoms with Crippen molar-refractivity contribution in [1.82, 2.24) is 5.32 Å². The number of anilines is 1. The van der Waals surface area contributed by atoms with E-state index in [1.54, 1.807) is 12.1 Å². The summed E-state index contributed by atoms with van der Waals surface area (Å²) in [6.45, 7) is 3.35. The summed E-state index contributed by atoms with van der Waals surface area (Å²) in [7, 11) is 0. The van der Waals surface area contributed by atoms with E-state index < -0.39 is 0 Å². The summed E-state index contributed by atoms with van der Waals surface area (Å²) in [4.78, 5) is 11.6. The highest BCUT2D eigenvalue weighted by atomic mass is 16.5. The Hall–Kier alpha value is -1.71. The lowest BCUT2D eigenvalue weighted by atomic mass is 10.1. The van der Waals surface area contributed by atoms with E-state index in [0.717, 1.165) is 6.54 Å². The van der Waals surface area contributed by atoms with Gasteiger partial charge in [-0.2, -0.15) is 0 Å². The van der Waals surface area contributed by atoms with Crippen LogP contribution in [0.15, 0.2) is 24.3 Å². The number of ether oxygens (including phenoxy) is 1. The first-order chi connectivity index (χ1) is 8.57. The minimum absolute atomic E-state index is 0.0482. The van der Waals surface area contributed by atoms with Gasteiger partial charge >= 0.3 is 0 Å². The van der Waals surface area contributed by atoms with Crippen LogP contribution in [0.1, 0.15) is 26.2 Å². The van der Waals surface area contributed by atoms with E-state index in [9.17, 15) is 4.79 Å². The van der Waals surface area contributed by atoms with Crippen LogP contribution in [0.2, 0.25) is 0 Å². The highest BCUT2D eigenvalue weighted by molar-refractivity contribution is 5.76. The zero-order valence-electron chi connectivity index (χ0n) is 10.7. The Kier molecular flexibility index (Phi) is 3.75. The van der Waals surface area contributed by atoms with Crippen molar-refractivity contribution in [2.24, 2.45) is 5.41 Å².